The van der Waals surface area contributed by atoms with Gasteiger partial charge >= 0.3 is 0 Å². The van der Waals surface area contributed by atoms with Crippen molar-refractivity contribution < 1.29 is 23.5 Å². The molecule has 0 aliphatic carbocycles. The summed E-state index contributed by atoms with van der Waals surface area (Å²) < 4.78 is 25.5. The fourth-order valence-corrected chi connectivity index (χ4v) is 4.47. The molecule has 1 fully saturated rings. The molecule has 2 amide bonds. The summed E-state index contributed by atoms with van der Waals surface area (Å²) >= 11 is 0. The molecule has 1 atom stereocenters. The predicted octanol–water partition coefficient (Wildman–Crippen LogP) is 3.45. The van der Waals surface area contributed by atoms with Crippen molar-refractivity contribution in [2.75, 3.05) is 39.3 Å². The molecule has 9 heteroatoms. The van der Waals surface area contributed by atoms with E-state index in [0.717, 1.165) is 24.8 Å². The van der Waals surface area contributed by atoms with Crippen molar-refractivity contribution in [1.29, 1.82) is 0 Å². The van der Waals surface area contributed by atoms with E-state index in [-0.39, 0.29) is 30.3 Å². The van der Waals surface area contributed by atoms with Crippen LogP contribution in [0.15, 0.2) is 42.7 Å². The fourth-order valence-electron chi connectivity index (χ4n) is 4.47. The zero-order chi connectivity index (χ0) is 24.1. The number of hydrogen-bond donors (Lipinski definition) is 1. The number of halogens is 1. The maximum atomic E-state index is 13.9. The zero-order valence-corrected chi connectivity index (χ0v) is 19.4. The average molecular weight is 469 g/mol. The highest BCUT2D eigenvalue weighted by molar-refractivity contribution is 6.07. The van der Waals surface area contributed by atoms with Crippen LogP contribution in [-0.2, 0) is 20.8 Å². The number of nitrogens with zero attached hydrogens (tertiary/aromatic N) is 3. The smallest absolute Gasteiger partial charge is 0.256 e. The molecule has 1 saturated heterocycles. The lowest BCUT2D eigenvalue weighted by molar-refractivity contribution is -0.119. The minimum Gasteiger partial charge on any atom is -0.383 e. The van der Waals surface area contributed by atoms with E-state index < -0.39 is 0 Å². The van der Waals surface area contributed by atoms with Crippen LogP contribution in [0, 0.1) is 5.82 Å². The van der Waals surface area contributed by atoms with E-state index >= 15 is 0 Å². The van der Waals surface area contributed by atoms with Crippen LogP contribution in [0.1, 0.15) is 35.2 Å². The second-order valence-electron chi connectivity index (χ2n) is 8.48. The number of ether oxygens (including phenoxy) is 2. The molecule has 34 heavy (non-hydrogen) atoms. The summed E-state index contributed by atoms with van der Waals surface area (Å²) in [5.41, 5.74) is 3.06. The summed E-state index contributed by atoms with van der Waals surface area (Å²) in [6, 6.07) is 9.66. The number of fused-ring (bicyclic) bond motifs is 1. The molecule has 180 valence electrons. The van der Waals surface area contributed by atoms with Gasteiger partial charge in [0.15, 0.2) is 0 Å². The predicted molar refractivity (Wildman–Crippen MR) is 126 cm³/mol. The molecule has 1 aromatic heterocycles. The van der Waals surface area contributed by atoms with Gasteiger partial charge < -0.3 is 24.3 Å². The number of methoxy groups -OCH3 is 2. The maximum absolute atomic E-state index is 13.9. The van der Waals surface area contributed by atoms with Crippen LogP contribution in [0.2, 0.25) is 0 Å². The first-order chi connectivity index (χ1) is 16.5. The third-order valence-electron chi connectivity index (χ3n) is 6.02. The molecule has 0 radical (unpaired) electrons. The van der Waals surface area contributed by atoms with Crippen LogP contribution < -0.4 is 5.32 Å². The first-order valence-corrected chi connectivity index (χ1v) is 11.3. The van der Waals surface area contributed by atoms with E-state index in [1.165, 1.54) is 19.2 Å². The number of benzene rings is 2. The Morgan fingerprint density at radius 3 is 2.68 bits per heavy atom. The number of imidazole rings is 1. The average Bonchev–Trinajstić information content (AvgIpc) is 3.23. The number of likely N-dealkylation sites (tertiary alicyclic amines) is 1. The molecule has 3 aromatic rings. The Morgan fingerprint density at radius 1 is 1.15 bits per heavy atom. The van der Waals surface area contributed by atoms with Gasteiger partial charge in [-0.3, -0.25) is 9.59 Å². The van der Waals surface area contributed by atoms with E-state index in [1.54, 1.807) is 37.7 Å². The molecule has 2 aromatic carbocycles. The van der Waals surface area contributed by atoms with Crippen molar-refractivity contribution in [3.63, 3.8) is 0 Å². The summed E-state index contributed by atoms with van der Waals surface area (Å²) in [7, 11) is 3.08. The van der Waals surface area contributed by atoms with Crippen molar-refractivity contribution in [3.8, 4) is 0 Å². The summed E-state index contributed by atoms with van der Waals surface area (Å²) in [5, 5.41) is 2.78. The van der Waals surface area contributed by atoms with Gasteiger partial charge in [0.1, 0.15) is 12.4 Å². The van der Waals surface area contributed by atoms with Gasteiger partial charge in [-0.25, -0.2) is 9.37 Å². The Hall–Kier alpha value is -3.30. The maximum Gasteiger partial charge on any atom is 0.256 e. The second-order valence-corrected chi connectivity index (χ2v) is 8.48. The highest BCUT2D eigenvalue weighted by Crippen LogP contribution is 2.28. The van der Waals surface area contributed by atoms with Gasteiger partial charge in [0.2, 0.25) is 5.91 Å². The number of carbonyl (C=O) groups is 2. The normalized spacial score (nSPS) is 16.1. The minimum atomic E-state index is -0.318. The Morgan fingerprint density at radius 2 is 1.94 bits per heavy atom. The van der Waals surface area contributed by atoms with Crippen LogP contribution >= 0.6 is 0 Å². The Balaban J connectivity index is 1.76. The van der Waals surface area contributed by atoms with Gasteiger partial charge in [-0.2, -0.15) is 0 Å². The number of aromatic nitrogens is 2. The minimum absolute atomic E-state index is 0.0125. The topological polar surface area (TPSA) is 85.7 Å². The van der Waals surface area contributed by atoms with Gasteiger partial charge in [0.05, 0.1) is 35.6 Å². The van der Waals surface area contributed by atoms with Crippen LogP contribution in [0.5, 0.6) is 0 Å². The lowest BCUT2D eigenvalue weighted by atomic mass is 10.0. The molecule has 8 nitrogen and oxygen atoms in total. The van der Waals surface area contributed by atoms with Crippen molar-refractivity contribution >= 4 is 28.5 Å². The number of carbonyl (C=O) groups excluding carboxylic acids is 2. The molecule has 0 saturated carbocycles. The second kappa shape index (κ2) is 10.8. The lowest BCUT2D eigenvalue weighted by Crippen LogP contribution is -2.46. The largest absolute Gasteiger partial charge is 0.383 e. The monoisotopic (exact) mass is 468 g/mol. The van der Waals surface area contributed by atoms with Crippen molar-refractivity contribution in [2.45, 2.75) is 31.8 Å². The summed E-state index contributed by atoms with van der Waals surface area (Å²) in [6.07, 6.45) is 4.51. The van der Waals surface area contributed by atoms with Gasteiger partial charge in [0, 0.05) is 33.0 Å². The molecule has 0 spiro atoms. The lowest BCUT2D eigenvalue weighted by Gasteiger charge is -2.35. The summed E-state index contributed by atoms with van der Waals surface area (Å²) in [5.74, 6) is -0.752. The number of hydrogen-bond acceptors (Lipinski definition) is 5. The quantitative estimate of drug-likeness (QED) is 0.547. The van der Waals surface area contributed by atoms with Gasteiger partial charge in [-0.1, -0.05) is 12.1 Å². The number of anilines is 1. The molecule has 1 N–H and O–H groups in total. The summed E-state index contributed by atoms with van der Waals surface area (Å²) in [4.78, 5) is 32.4. The standard InChI is InChI=1S/C25H29FN4O4/c1-33-14-20-5-3-4-10-30(20)25(32)21-11-19(28-23(31)15-34-2)12-22-24(21)29(16-27-22)13-17-6-8-18(26)9-7-17/h6-9,11-12,16,20H,3-5,10,13-15H2,1-2H3,(H,28,31)/t20-/m0/s1. The summed E-state index contributed by atoms with van der Waals surface area (Å²) in [6.45, 7) is 1.44. The molecular weight excluding hydrogens is 439 g/mol. The molecule has 1 aliphatic rings. The van der Waals surface area contributed by atoms with Crippen molar-refractivity contribution in [2.24, 2.45) is 0 Å². The van der Waals surface area contributed by atoms with E-state index in [9.17, 15) is 14.0 Å². The highest BCUT2D eigenvalue weighted by atomic mass is 19.1. The van der Waals surface area contributed by atoms with E-state index in [2.05, 4.69) is 10.3 Å². The Bertz CT molecular complexity index is 1160. The molecule has 2 heterocycles. The third-order valence-corrected chi connectivity index (χ3v) is 6.02. The SMILES string of the molecule is COCC(=O)Nc1cc(C(=O)N2CCCC[C@H]2COC)c2c(c1)ncn2Cc1ccc(F)cc1. The molecule has 0 bridgehead atoms. The van der Waals surface area contributed by atoms with Crippen LogP contribution in [-0.4, -0.2) is 66.3 Å². The fraction of sp³-hybridized carbons (Fsp3) is 0.400. The first-order valence-electron chi connectivity index (χ1n) is 11.3. The molecular formula is C25H29FN4O4. The van der Waals surface area contributed by atoms with Gasteiger partial charge in [0.25, 0.3) is 5.91 Å². The number of nitrogens with one attached hydrogen (secondary N) is 1. The number of amides is 2. The number of piperidine rings is 1. The van der Waals surface area contributed by atoms with Crippen LogP contribution in [0.4, 0.5) is 10.1 Å². The van der Waals surface area contributed by atoms with Crippen molar-refractivity contribution in [1.82, 2.24) is 14.5 Å². The number of rotatable bonds is 8. The zero-order valence-electron chi connectivity index (χ0n) is 19.4. The molecule has 1 aliphatic heterocycles. The molecule has 0 unspecified atom stereocenters. The van der Waals surface area contributed by atoms with E-state index in [1.807, 2.05) is 9.47 Å². The van der Waals surface area contributed by atoms with E-state index in [0.29, 0.717) is 42.0 Å². The Labute approximate surface area is 197 Å². The molecule has 4 rings (SSSR count). The Kier molecular flexibility index (Phi) is 7.54. The van der Waals surface area contributed by atoms with Gasteiger partial charge in [-0.05, 0) is 49.1 Å². The van der Waals surface area contributed by atoms with E-state index in [4.69, 9.17) is 9.47 Å². The van der Waals surface area contributed by atoms with Crippen LogP contribution in [0.25, 0.3) is 11.0 Å². The first kappa shape index (κ1) is 23.8. The van der Waals surface area contributed by atoms with Crippen LogP contribution in [0.3, 0.4) is 0 Å². The third kappa shape index (κ3) is 5.26. The van der Waals surface area contributed by atoms with Crippen molar-refractivity contribution in [3.05, 3.63) is 59.7 Å². The van der Waals surface area contributed by atoms with Gasteiger partial charge in [-0.15, -0.1) is 0 Å². The highest BCUT2D eigenvalue weighted by Gasteiger charge is 2.30.